The number of hydrogen-bond donors (Lipinski definition) is 0. The Kier molecular flexibility index (Phi) is 5.22. The SMILES string of the molecule is C=CCOc1ccccc1CN(CC)C(=O)C1(Cn2ccnc2)CC1. The summed E-state index contributed by atoms with van der Waals surface area (Å²) in [6.07, 6.45) is 9.06. The highest BCUT2D eigenvalue weighted by atomic mass is 16.5. The Hall–Kier alpha value is -2.56. The first-order valence-electron chi connectivity index (χ1n) is 8.75. The third kappa shape index (κ3) is 3.92. The van der Waals surface area contributed by atoms with Crippen molar-refractivity contribution >= 4 is 5.91 Å². The second-order valence-corrected chi connectivity index (χ2v) is 6.54. The largest absolute Gasteiger partial charge is 0.489 e. The molecular formula is C20H25N3O2. The molecular weight excluding hydrogens is 314 g/mol. The molecule has 0 atom stereocenters. The van der Waals surface area contributed by atoms with Crippen LogP contribution >= 0.6 is 0 Å². The summed E-state index contributed by atoms with van der Waals surface area (Å²) in [6.45, 7) is 8.13. The molecule has 1 aromatic heterocycles. The predicted molar refractivity (Wildman–Crippen MR) is 97.1 cm³/mol. The molecule has 1 saturated carbocycles. The molecule has 0 aliphatic heterocycles. The van der Waals surface area contributed by atoms with E-state index in [2.05, 4.69) is 11.6 Å². The van der Waals surface area contributed by atoms with E-state index in [0.29, 0.717) is 26.2 Å². The Morgan fingerprint density at radius 3 is 2.88 bits per heavy atom. The number of amides is 1. The summed E-state index contributed by atoms with van der Waals surface area (Å²) in [7, 11) is 0. The Morgan fingerprint density at radius 1 is 1.44 bits per heavy atom. The van der Waals surface area contributed by atoms with Gasteiger partial charge in [0.1, 0.15) is 12.4 Å². The fourth-order valence-electron chi connectivity index (χ4n) is 3.11. The number of nitrogens with zero attached hydrogens (tertiary/aromatic N) is 3. The fourth-order valence-corrected chi connectivity index (χ4v) is 3.11. The first-order chi connectivity index (χ1) is 12.2. The molecule has 1 aromatic carbocycles. The minimum Gasteiger partial charge on any atom is -0.489 e. The van der Waals surface area contributed by atoms with Crippen molar-refractivity contribution in [3.8, 4) is 5.75 Å². The number of carbonyl (C=O) groups is 1. The average molecular weight is 339 g/mol. The van der Waals surface area contributed by atoms with Crippen LogP contribution in [0.3, 0.4) is 0 Å². The molecule has 5 nitrogen and oxygen atoms in total. The van der Waals surface area contributed by atoms with Gasteiger partial charge in [-0.3, -0.25) is 4.79 Å². The van der Waals surface area contributed by atoms with Gasteiger partial charge in [-0.1, -0.05) is 30.9 Å². The lowest BCUT2D eigenvalue weighted by Gasteiger charge is -2.27. The van der Waals surface area contributed by atoms with Gasteiger partial charge in [-0.2, -0.15) is 0 Å². The predicted octanol–water partition coefficient (Wildman–Crippen LogP) is 3.28. The number of imidazole rings is 1. The number of carbonyl (C=O) groups excluding carboxylic acids is 1. The summed E-state index contributed by atoms with van der Waals surface area (Å²) < 4.78 is 7.73. The van der Waals surface area contributed by atoms with Crippen molar-refractivity contribution in [2.45, 2.75) is 32.9 Å². The monoisotopic (exact) mass is 339 g/mol. The molecule has 1 aliphatic rings. The van der Waals surface area contributed by atoms with Crippen LogP contribution in [0, 0.1) is 5.41 Å². The van der Waals surface area contributed by atoms with E-state index in [9.17, 15) is 4.79 Å². The van der Waals surface area contributed by atoms with E-state index in [0.717, 1.165) is 24.2 Å². The van der Waals surface area contributed by atoms with E-state index >= 15 is 0 Å². The molecule has 0 unspecified atom stereocenters. The van der Waals surface area contributed by atoms with Gasteiger partial charge in [-0.05, 0) is 25.8 Å². The molecule has 0 saturated heterocycles. The minimum atomic E-state index is -0.270. The van der Waals surface area contributed by atoms with Crippen molar-refractivity contribution in [1.29, 1.82) is 0 Å². The molecule has 3 rings (SSSR count). The van der Waals surface area contributed by atoms with Gasteiger partial charge in [0.2, 0.25) is 5.91 Å². The lowest BCUT2D eigenvalue weighted by Crippen LogP contribution is -2.38. The number of rotatable bonds is 9. The van der Waals surface area contributed by atoms with Crippen LogP contribution < -0.4 is 4.74 Å². The van der Waals surface area contributed by atoms with Crippen LogP contribution in [0.15, 0.2) is 55.6 Å². The molecule has 132 valence electrons. The summed E-state index contributed by atoms with van der Waals surface area (Å²) in [5.41, 5.74) is 0.756. The van der Waals surface area contributed by atoms with E-state index in [1.54, 1.807) is 18.6 Å². The first-order valence-corrected chi connectivity index (χ1v) is 8.75. The number of hydrogen-bond acceptors (Lipinski definition) is 3. The van der Waals surface area contributed by atoms with Crippen molar-refractivity contribution < 1.29 is 9.53 Å². The van der Waals surface area contributed by atoms with Gasteiger partial charge < -0.3 is 14.2 Å². The molecule has 5 heteroatoms. The maximum Gasteiger partial charge on any atom is 0.230 e. The van der Waals surface area contributed by atoms with Gasteiger partial charge in [0.15, 0.2) is 0 Å². The lowest BCUT2D eigenvalue weighted by molar-refractivity contribution is -0.138. The van der Waals surface area contributed by atoms with E-state index in [-0.39, 0.29) is 11.3 Å². The molecule has 1 fully saturated rings. The summed E-state index contributed by atoms with van der Waals surface area (Å²) in [6, 6.07) is 7.88. The Balaban J connectivity index is 1.72. The molecule has 0 spiro atoms. The zero-order valence-electron chi connectivity index (χ0n) is 14.7. The number of para-hydroxylation sites is 1. The molecule has 1 heterocycles. The van der Waals surface area contributed by atoms with Crippen LogP contribution in [0.5, 0.6) is 5.75 Å². The van der Waals surface area contributed by atoms with Gasteiger partial charge in [0.25, 0.3) is 0 Å². The van der Waals surface area contributed by atoms with Crippen molar-refractivity contribution in [2.75, 3.05) is 13.2 Å². The molecule has 0 radical (unpaired) electrons. The van der Waals surface area contributed by atoms with Crippen LogP contribution in [0.2, 0.25) is 0 Å². The Morgan fingerprint density at radius 2 is 2.24 bits per heavy atom. The summed E-state index contributed by atoms with van der Waals surface area (Å²) >= 11 is 0. The highest BCUT2D eigenvalue weighted by Crippen LogP contribution is 2.49. The quantitative estimate of drug-likeness (QED) is 0.659. The third-order valence-electron chi connectivity index (χ3n) is 4.71. The normalized spacial score (nSPS) is 14.8. The van der Waals surface area contributed by atoms with Crippen molar-refractivity contribution in [2.24, 2.45) is 5.41 Å². The van der Waals surface area contributed by atoms with Crippen LogP contribution in [0.1, 0.15) is 25.3 Å². The zero-order valence-corrected chi connectivity index (χ0v) is 14.7. The van der Waals surface area contributed by atoms with Crippen LogP contribution in [-0.4, -0.2) is 33.5 Å². The summed E-state index contributed by atoms with van der Waals surface area (Å²) in [5, 5.41) is 0. The van der Waals surface area contributed by atoms with E-state index < -0.39 is 0 Å². The Labute approximate surface area is 148 Å². The maximum atomic E-state index is 13.1. The van der Waals surface area contributed by atoms with Crippen LogP contribution in [0.4, 0.5) is 0 Å². The van der Waals surface area contributed by atoms with Gasteiger partial charge in [-0.15, -0.1) is 0 Å². The number of ether oxygens (including phenoxy) is 1. The average Bonchev–Trinajstić information content (AvgIpc) is 3.23. The van der Waals surface area contributed by atoms with Gasteiger partial charge >= 0.3 is 0 Å². The standard InChI is InChI=1S/C20H25N3O2/c1-3-13-25-18-8-6-5-7-17(18)14-23(4-2)19(24)20(9-10-20)15-22-12-11-21-16-22/h3,5-8,11-12,16H,1,4,9-10,13-15H2,2H3. The topological polar surface area (TPSA) is 47.4 Å². The molecule has 25 heavy (non-hydrogen) atoms. The Bertz CT molecular complexity index is 720. The highest BCUT2D eigenvalue weighted by Gasteiger charge is 2.51. The molecule has 0 N–H and O–H groups in total. The van der Waals surface area contributed by atoms with Crippen molar-refractivity contribution in [3.05, 3.63) is 61.2 Å². The molecule has 2 aromatic rings. The summed E-state index contributed by atoms with van der Waals surface area (Å²) in [5.74, 6) is 1.04. The maximum absolute atomic E-state index is 13.1. The first kappa shape index (κ1) is 17.3. The molecule has 0 bridgehead atoms. The van der Waals surface area contributed by atoms with Crippen LogP contribution in [0.25, 0.3) is 0 Å². The third-order valence-corrected chi connectivity index (χ3v) is 4.71. The van der Waals surface area contributed by atoms with E-state index in [4.69, 9.17) is 4.74 Å². The van der Waals surface area contributed by atoms with Crippen molar-refractivity contribution in [1.82, 2.24) is 14.5 Å². The van der Waals surface area contributed by atoms with E-state index in [1.807, 2.05) is 46.9 Å². The zero-order chi connectivity index (χ0) is 17.7. The van der Waals surface area contributed by atoms with Gasteiger partial charge in [0, 0.05) is 37.6 Å². The second kappa shape index (κ2) is 7.55. The molecule has 1 amide bonds. The fraction of sp³-hybridized carbons (Fsp3) is 0.400. The smallest absolute Gasteiger partial charge is 0.230 e. The summed E-state index contributed by atoms with van der Waals surface area (Å²) in [4.78, 5) is 19.2. The van der Waals surface area contributed by atoms with Gasteiger partial charge in [0.05, 0.1) is 11.7 Å². The lowest BCUT2D eigenvalue weighted by atomic mass is 10.0. The van der Waals surface area contributed by atoms with Gasteiger partial charge in [-0.25, -0.2) is 4.98 Å². The van der Waals surface area contributed by atoms with E-state index in [1.165, 1.54) is 0 Å². The minimum absolute atomic E-state index is 0.224. The number of aromatic nitrogens is 2. The number of benzene rings is 1. The van der Waals surface area contributed by atoms with Crippen molar-refractivity contribution in [3.63, 3.8) is 0 Å². The van der Waals surface area contributed by atoms with Crippen LogP contribution in [-0.2, 0) is 17.9 Å². The molecule has 1 aliphatic carbocycles. The highest BCUT2D eigenvalue weighted by molar-refractivity contribution is 5.85. The second-order valence-electron chi connectivity index (χ2n) is 6.54.